The number of nitrogens with zero attached hydrogens (tertiary/aromatic N) is 1. The van der Waals surface area contributed by atoms with E-state index in [-0.39, 0.29) is 24.5 Å². The van der Waals surface area contributed by atoms with E-state index in [9.17, 15) is 14.7 Å². The molecule has 188 valence electrons. The van der Waals surface area contributed by atoms with Crippen LogP contribution in [0, 0.1) is 0 Å². The van der Waals surface area contributed by atoms with E-state index in [0.717, 1.165) is 0 Å². The van der Waals surface area contributed by atoms with Gasteiger partial charge in [0, 0.05) is 11.6 Å². The highest BCUT2D eigenvalue weighted by atomic mass is 35.5. The van der Waals surface area contributed by atoms with E-state index in [1.165, 1.54) is 6.20 Å². The fraction of sp³-hybridized carbons (Fsp3) is 0.480. The second kappa shape index (κ2) is 10.2. The topological polar surface area (TPSA) is 110 Å². The summed E-state index contributed by atoms with van der Waals surface area (Å²) in [6, 6.07) is 8.12. The van der Waals surface area contributed by atoms with Crippen LogP contribution in [0.2, 0.25) is 10.0 Å². The van der Waals surface area contributed by atoms with Crippen molar-refractivity contribution in [3.8, 4) is 11.5 Å². The third-order valence-electron chi connectivity index (χ3n) is 6.69. The lowest BCUT2D eigenvalue weighted by atomic mass is 9.60. The van der Waals surface area contributed by atoms with E-state index in [2.05, 4.69) is 15.6 Å². The van der Waals surface area contributed by atoms with Crippen molar-refractivity contribution in [3.63, 3.8) is 0 Å². The van der Waals surface area contributed by atoms with Crippen molar-refractivity contribution in [3.05, 3.63) is 52.3 Å². The van der Waals surface area contributed by atoms with Crippen LogP contribution in [0.5, 0.6) is 11.5 Å². The normalized spacial score (nSPS) is 25.3. The van der Waals surface area contributed by atoms with Crippen molar-refractivity contribution in [1.82, 2.24) is 15.6 Å². The molecule has 0 spiro atoms. The fourth-order valence-corrected chi connectivity index (χ4v) is 5.14. The molecule has 3 N–H and O–H groups in total. The molecule has 1 heterocycles. The molecule has 2 amide bonds. The van der Waals surface area contributed by atoms with Gasteiger partial charge in [0.15, 0.2) is 6.61 Å². The molecule has 3 fully saturated rings. The summed E-state index contributed by atoms with van der Waals surface area (Å²) in [5.41, 5.74) is -0.979. The number of aliphatic hydroxyl groups is 1. The average Bonchev–Trinajstić information content (AvgIpc) is 2.81. The summed E-state index contributed by atoms with van der Waals surface area (Å²) in [6.07, 6.45) is 3.46. The maximum absolute atomic E-state index is 12.9. The lowest BCUT2D eigenvalue weighted by Crippen LogP contribution is -2.70. The summed E-state index contributed by atoms with van der Waals surface area (Å²) >= 11 is 11.9. The lowest BCUT2D eigenvalue weighted by Gasteiger charge is -2.56. The number of aliphatic hydroxyl groups excluding tert-OH is 1. The van der Waals surface area contributed by atoms with Crippen LogP contribution in [-0.4, -0.2) is 51.8 Å². The molecule has 3 aliphatic rings. The standard InChI is InChI=1S/C25H29Cl2N3O5/c1-15(2)35-17-4-6-20(28-13-17)23(33)30-24-7-9-25(10-8-24,21(31)12-24)29-22(32)14-34-16-3-5-18(26)19(27)11-16/h3-6,11,13,15,21,31H,7-10,12,14H2,1-2H3,(H,29,32)(H,30,33)/t21-,24?,25?/m0/s1. The number of pyridine rings is 1. The second-order valence-corrected chi connectivity index (χ2v) is 10.4. The van der Waals surface area contributed by atoms with Crippen LogP contribution >= 0.6 is 23.2 Å². The van der Waals surface area contributed by atoms with Crippen molar-refractivity contribution >= 4 is 35.0 Å². The number of ether oxygens (including phenoxy) is 2. The van der Waals surface area contributed by atoms with Crippen molar-refractivity contribution in [2.45, 2.75) is 69.2 Å². The smallest absolute Gasteiger partial charge is 0.270 e. The van der Waals surface area contributed by atoms with Crippen LogP contribution in [-0.2, 0) is 4.79 Å². The van der Waals surface area contributed by atoms with Gasteiger partial charge in [-0.25, -0.2) is 4.98 Å². The van der Waals surface area contributed by atoms with Gasteiger partial charge in [-0.15, -0.1) is 0 Å². The molecular formula is C25H29Cl2N3O5. The number of rotatable bonds is 8. The number of aromatic nitrogens is 1. The molecule has 0 aliphatic heterocycles. The first-order valence-corrected chi connectivity index (χ1v) is 12.4. The minimum Gasteiger partial charge on any atom is -0.489 e. The molecule has 1 aromatic heterocycles. The number of amides is 2. The Morgan fingerprint density at radius 2 is 1.80 bits per heavy atom. The van der Waals surface area contributed by atoms with Crippen LogP contribution in [0.25, 0.3) is 0 Å². The Hall–Kier alpha value is -2.55. The molecule has 8 nitrogen and oxygen atoms in total. The van der Waals surface area contributed by atoms with Crippen LogP contribution in [0.4, 0.5) is 0 Å². The summed E-state index contributed by atoms with van der Waals surface area (Å²) in [4.78, 5) is 29.7. The Kier molecular flexibility index (Phi) is 7.45. The van der Waals surface area contributed by atoms with Gasteiger partial charge in [0.1, 0.15) is 17.2 Å². The molecule has 5 rings (SSSR count). The summed E-state index contributed by atoms with van der Waals surface area (Å²) in [7, 11) is 0. The first-order valence-electron chi connectivity index (χ1n) is 11.6. The Morgan fingerprint density at radius 1 is 1.09 bits per heavy atom. The number of fused-ring (bicyclic) bond motifs is 3. The third-order valence-corrected chi connectivity index (χ3v) is 7.43. The van der Waals surface area contributed by atoms with Gasteiger partial charge in [-0.1, -0.05) is 23.2 Å². The van der Waals surface area contributed by atoms with Gasteiger partial charge < -0.3 is 25.2 Å². The number of hydrogen-bond donors (Lipinski definition) is 3. The molecule has 2 bridgehead atoms. The zero-order chi connectivity index (χ0) is 25.2. The average molecular weight is 522 g/mol. The number of halogens is 2. The van der Waals surface area contributed by atoms with Gasteiger partial charge >= 0.3 is 0 Å². The van der Waals surface area contributed by atoms with Gasteiger partial charge in [0.05, 0.1) is 34.0 Å². The summed E-state index contributed by atoms with van der Waals surface area (Å²) in [5.74, 6) is 0.409. The van der Waals surface area contributed by atoms with E-state index in [1.807, 2.05) is 13.8 Å². The molecule has 3 aliphatic carbocycles. The molecule has 2 aromatic rings. The molecule has 35 heavy (non-hydrogen) atoms. The van der Waals surface area contributed by atoms with Gasteiger partial charge in [-0.05, 0) is 70.2 Å². The monoisotopic (exact) mass is 521 g/mol. The highest BCUT2D eigenvalue weighted by Gasteiger charge is 2.55. The molecule has 0 radical (unpaired) electrons. The highest BCUT2D eigenvalue weighted by Crippen LogP contribution is 2.47. The van der Waals surface area contributed by atoms with Crippen LogP contribution in [0.3, 0.4) is 0 Å². The third kappa shape index (κ3) is 5.82. The fourth-order valence-electron chi connectivity index (χ4n) is 4.85. The Bertz CT molecular complexity index is 1090. The summed E-state index contributed by atoms with van der Waals surface area (Å²) in [5, 5.41) is 17.8. The van der Waals surface area contributed by atoms with Gasteiger partial charge in [-0.3, -0.25) is 9.59 Å². The Balaban J connectivity index is 1.32. The lowest BCUT2D eigenvalue weighted by molar-refractivity contribution is -0.132. The van der Waals surface area contributed by atoms with Crippen molar-refractivity contribution in [2.24, 2.45) is 0 Å². The molecule has 10 heteroatoms. The van der Waals surface area contributed by atoms with E-state index < -0.39 is 17.2 Å². The number of benzene rings is 1. The van der Waals surface area contributed by atoms with E-state index in [4.69, 9.17) is 32.7 Å². The SMILES string of the molecule is CC(C)Oc1ccc(C(=O)NC23CCC(NC(=O)COc4ccc(Cl)c(Cl)c4)(CC2)[C@@H](O)C3)nc1. The molecule has 0 unspecified atom stereocenters. The summed E-state index contributed by atoms with van der Waals surface area (Å²) in [6.45, 7) is 3.63. The van der Waals surface area contributed by atoms with E-state index >= 15 is 0 Å². The van der Waals surface area contributed by atoms with E-state index in [1.54, 1.807) is 30.3 Å². The van der Waals surface area contributed by atoms with Crippen molar-refractivity contribution in [2.75, 3.05) is 6.61 Å². The molecule has 1 atom stereocenters. The van der Waals surface area contributed by atoms with Gasteiger partial charge in [0.25, 0.3) is 11.8 Å². The molecule has 1 aromatic carbocycles. The predicted molar refractivity (Wildman–Crippen MR) is 132 cm³/mol. The minimum absolute atomic E-state index is 0.0181. The van der Waals surface area contributed by atoms with Gasteiger partial charge in [-0.2, -0.15) is 0 Å². The number of hydrogen-bond acceptors (Lipinski definition) is 6. The zero-order valence-corrected chi connectivity index (χ0v) is 21.2. The second-order valence-electron chi connectivity index (χ2n) is 9.57. The van der Waals surface area contributed by atoms with Crippen LogP contribution in [0.15, 0.2) is 36.5 Å². The van der Waals surface area contributed by atoms with Crippen LogP contribution < -0.4 is 20.1 Å². The van der Waals surface area contributed by atoms with Crippen molar-refractivity contribution < 1.29 is 24.2 Å². The maximum Gasteiger partial charge on any atom is 0.270 e. The van der Waals surface area contributed by atoms with Crippen molar-refractivity contribution in [1.29, 1.82) is 0 Å². The first-order chi connectivity index (χ1) is 16.6. The van der Waals surface area contributed by atoms with Crippen LogP contribution in [0.1, 0.15) is 56.4 Å². The van der Waals surface area contributed by atoms with Gasteiger partial charge in [0.2, 0.25) is 0 Å². The quantitative estimate of drug-likeness (QED) is 0.485. The first kappa shape index (κ1) is 25.5. The Labute approximate surface area is 214 Å². The summed E-state index contributed by atoms with van der Waals surface area (Å²) < 4.78 is 11.1. The maximum atomic E-state index is 12.9. The predicted octanol–water partition coefficient (Wildman–Crippen LogP) is 3.92. The highest BCUT2D eigenvalue weighted by molar-refractivity contribution is 6.42. The number of carbonyl (C=O) groups excluding carboxylic acids is 2. The largest absolute Gasteiger partial charge is 0.489 e. The Morgan fingerprint density at radius 3 is 2.40 bits per heavy atom. The molecule has 0 saturated heterocycles. The van der Waals surface area contributed by atoms with E-state index in [0.29, 0.717) is 59.3 Å². The zero-order valence-electron chi connectivity index (χ0n) is 19.6. The molecular weight excluding hydrogens is 493 g/mol. The number of nitrogens with one attached hydrogen (secondary N) is 2. The minimum atomic E-state index is -0.797. The number of carbonyl (C=O) groups is 2. The molecule has 3 saturated carbocycles.